The lowest BCUT2D eigenvalue weighted by molar-refractivity contribution is 0.102. The number of halogens is 1. The molecule has 0 spiro atoms. The van der Waals surface area contributed by atoms with Gasteiger partial charge in [0.05, 0.1) is 12.2 Å². The molecule has 0 radical (unpaired) electrons. The summed E-state index contributed by atoms with van der Waals surface area (Å²) in [6, 6.07) is 8.55. The van der Waals surface area contributed by atoms with Crippen molar-refractivity contribution < 1.29 is 4.79 Å². The number of hydrogen-bond acceptors (Lipinski definition) is 7. The van der Waals surface area contributed by atoms with Crippen LogP contribution in [0, 0.1) is 6.92 Å². The first kappa shape index (κ1) is 20.4. The highest BCUT2D eigenvalue weighted by Crippen LogP contribution is 2.28. The van der Waals surface area contributed by atoms with Crippen LogP contribution in [0.15, 0.2) is 30.5 Å². The molecular weight excluding hydrogens is 398 g/mol. The number of rotatable bonds is 4. The van der Waals surface area contributed by atoms with Gasteiger partial charge >= 0.3 is 0 Å². The average Bonchev–Trinajstić information content (AvgIpc) is 3.33. The maximum Gasteiger partial charge on any atom is 0.279 e. The quantitative estimate of drug-likeness (QED) is 0.671. The van der Waals surface area contributed by atoms with Gasteiger partial charge in [0.25, 0.3) is 5.91 Å². The van der Waals surface area contributed by atoms with Crippen molar-refractivity contribution in [2.45, 2.75) is 44.7 Å². The van der Waals surface area contributed by atoms with Crippen molar-refractivity contribution >= 4 is 34.8 Å². The summed E-state index contributed by atoms with van der Waals surface area (Å²) in [5.74, 6) is -0.333. The minimum Gasteiger partial charge on any atom is -0.328 e. The molecule has 0 atom stereocenters. The molecule has 148 valence electrons. The van der Waals surface area contributed by atoms with E-state index in [2.05, 4.69) is 25.8 Å². The molecule has 10 heteroatoms. The largest absolute Gasteiger partial charge is 0.328 e. The molecule has 1 aromatic carbocycles. The Morgan fingerprint density at radius 3 is 2.57 bits per heavy atom. The van der Waals surface area contributed by atoms with E-state index in [9.17, 15) is 4.79 Å². The first-order valence-electron chi connectivity index (χ1n) is 8.98. The van der Waals surface area contributed by atoms with Crippen molar-refractivity contribution in [3.63, 3.8) is 0 Å². The molecule has 1 aliphatic rings. The highest BCUT2D eigenvalue weighted by atomic mass is 35.5. The topological polar surface area (TPSA) is 112 Å². The van der Waals surface area contributed by atoms with Crippen molar-refractivity contribution in [1.82, 2.24) is 25.2 Å². The van der Waals surface area contributed by atoms with E-state index in [4.69, 9.17) is 5.73 Å². The van der Waals surface area contributed by atoms with Crippen LogP contribution in [0.1, 0.15) is 47.8 Å². The molecule has 0 aliphatic heterocycles. The van der Waals surface area contributed by atoms with Gasteiger partial charge in [-0.15, -0.1) is 27.7 Å². The van der Waals surface area contributed by atoms with E-state index in [1.165, 1.54) is 16.9 Å². The number of benzene rings is 1. The van der Waals surface area contributed by atoms with Gasteiger partial charge in [-0.3, -0.25) is 10.1 Å². The van der Waals surface area contributed by atoms with Crippen molar-refractivity contribution in [3.05, 3.63) is 41.7 Å². The molecule has 1 saturated carbocycles. The van der Waals surface area contributed by atoms with Gasteiger partial charge < -0.3 is 5.73 Å². The number of aromatic nitrogens is 5. The normalized spacial score (nSPS) is 19.1. The van der Waals surface area contributed by atoms with Crippen LogP contribution in [-0.4, -0.2) is 37.1 Å². The van der Waals surface area contributed by atoms with Crippen LogP contribution in [0.4, 0.5) is 5.13 Å². The standard InChI is InChI=1S/C18H21N7OS.ClH/c1-11-2-4-12(5-3-11)17-22-23-18(27-17)20-16(26)15-10-25(24-21-15)14-8-6-13(19)7-9-14;/h2-5,10,13-14H,6-9,19H2,1H3,(H,20,23,26);1H. The van der Waals surface area contributed by atoms with Crippen LogP contribution in [0.25, 0.3) is 10.6 Å². The summed E-state index contributed by atoms with van der Waals surface area (Å²) in [5.41, 5.74) is 8.37. The fourth-order valence-corrected chi connectivity index (χ4v) is 3.92. The third-order valence-corrected chi connectivity index (χ3v) is 5.69. The Hall–Kier alpha value is -2.36. The molecule has 1 fully saturated rings. The van der Waals surface area contributed by atoms with Gasteiger partial charge in [0.2, 0.25) is 5.13 Å². The number of carbonyl (C=O) groups is 1. The second kappa shape index (κ2) is 8.76. The van der Waals surface area contributed by atoms with Crippen molar-refractivity contribution in [2.75, 3.05) is 5.32 Å². The number of nitrogens with two attached hydrogens (primary N) is 1. The smallest absolute Gasteiger partial charge is 0.279 e. The van der Waals surface area contributed by atoms with Gasteiger partial charge in [-0.05, 0) is 32.6 Å². The number of anilines is 1. The number of amides is 1. The number of carbonyl (C=O) groups excluding carboxylic acids is 1. The Kier molecular flexibility index (Phi) is 6.38. The van der Waals surface area contributed by atoms with E-state index >= 15 is 0 Å². The van der Waals surface area contributed by atoms with Crippen LogP contribution in [-0.2, 0) is 0 Å². The van der Waals surface area contributed by atoms with Crippen molar-refractivity contribution in [1.29, 1.82) is 0 Å². The van der Waals surface area contributed by atoms with Crippen molar-refractivity contribution in [3.8, 4) is 10.6 Å². The SMILES string of the molecule is Cc1ccc(-c2nnc(NC(=O)c3cn(C4CCC(N)CC4)nn3)s2)cc1.Cl. The Morgan fingerprint density at radius 2 is 1.86 bits per heavy atom. The highest BCUT2D eigenvalue weighted by Gasteiger charge is 2.22. The number of nitrogens with one attached hydrogen (secondary N) is 1. The van der Waals surface area contributed by atoms with E-state index in [-0.39, 0.29) is 36.1 Å². The van der Waals surface area contributed by atoms with Crippen LogP contribution in [0.3, 0.4) is 0 Å². The van der Waals surface area contributed by atoms with Crippen molar-refractivity contribution in [2.24, 2.45) is 5.73 Å². The van der Waals surface area contributed by atoms with Gasteiger partial charge in [-0.2, -0.15) is 0 Å². The van der Waals surface area contributed by atoms with Crippen LogP contribution < -0.4 is 11.1 Å². The minimum absolute atomic E-state index is 0. The lowest BCUT2D eigenvalue weighted by atomic mass is 9.92. The summed E-state index contributed by atoms with van der Waals surface area (Å²) in [6.45, 7) is 2.03. The predicted molar refractivity (Wildman–Crippen MR) is 111 cm³/mol. The second-order valence-corrected chi connectivity index (χ2v) is 7.86. The van der Waals surface area contributed by atoms with Gasteiger partial charge in [-0.1, -0.05) is 46.4 Å². The molecule has 3 N–H and O–H groups in total. The second-order valence-electron chi connectivity index (χ2n) is 6.88. The average molecular weight is 420 g/mol. The zero-order valence-electron chi connectivity index (χ0n) is 15.4. The van der Waals surface area contributed by atoms with E-state index in [0.717, 1.165) is 36.3 Å². The van der Waals surface area contributed by atoms with Gasteiger partial charge in [0.15, 0.2) is 5.69 Å². The predicted octanol–water partition coefficient (Wildman–Crippen LogP) is 3.22. The number of aryl methyl sites for hydroxylation is 1. The minimum atomic E-state index is -0.333. The van der Waals surface area contributed by atoms with Crippen LogP contribution in [0.2, 0.25) is 0 Å². The Morgan fingerprint density at radius 1 is 1.14 bits per heavy atom. The first-order chi connectivity index (χ1) is 13.1. The van der Waals surface area contributed by atoms with Gasteiger partial charge in [-0.25, -0.2) is 4.68 Å². The van der Waals surface area contributed by atoms with Gasteiger partial charge in [0.1, 0.15) is 5.01 Å². The summed E-state index contributed by atoms with van der Waals surface area (Å²) in [7, 11) is 0. The maximum atomic E-state index is 12.4. The zero-order chi connectivity index (χ0) is 18.8. The third-order valence-electron chi connectivity index (χ3n) is 4.80. The van der Waals surface area contributed by atoms with Crippen LogP contribution in [0.5, 0.6) is 0 Å². The molecule has 28 heavy (non-hydrogen) atoms. The van der Waals surface area contributed by atoms with E-state index < -0.39 is 0 Å². The molecular formula is C18H22ClN7OS. The summed E-state index contributed by atoms with van der Waals surface area (Å²) in [4.78, 5) is 12.4. The van der Waals surface area contributed by atoms with E-state index in [1.807, 2.05) is 31.2 Å². The summed E-state index contributed by atoms with van der Waals surface area (Å²) < 4.78 is 1.78. The van der Waals surface area contributed by atoms with E-state index in [1.54, 1.807) is 10.9 Å². The fraction of sp³-hybridized carbons (Fsp3) is 0.389. The molecule has 2 aromatic heterocycles. The zero-order valence-corrected chi connectivity index (χ0v) is 17.0. The molecule has 1 amide bonds. The third kappa shape index (κ3) is 4.54. The summed E-state index contributed by atoms with van der Waals surface area (Å²) in [6.07, 6.45) is 5.56. The lowest BCUT2D eigenvalue weighted by Crippen LogP contribution is -2.28. The first-order valence-corrected chi connectivity index (χ1v) is 9.79. The molecule has 8 nitrogen and oxygen atoms in total. The molecule has 0 unspecified atom stereocenters. The lowest BCUT2D eigenvalue weighted by Gasteiger charge is -2.25. The summed E-state index contributed by atoms with van der Waals surface area (Å²) >= 11 is 1.33. The maximum absolute atomic E-state index is 12.4. The number of hydrogen-bond donors (Lipinski definition) is 2. The summed E-state index contributed by atoms with van der Waals surface area (Å²) in [5, 5.41) is 20.3. The van der Waals surface area contributed by atoms with E-state index in [0.29, 0.717) is 5.13 Å². The van der Waals surface area contributed by atoms with Gasteiger partial charge in [0, 0.05) is 11.6 Å². The fourth-order valence-electron chi connectivity index (χ4n) is 3.17. The molecule has 0 bridgehead atoms. The number of nitrogens with zero attached hydrogens (tertiary/aromatic N) is 5. The molecule has 3 aromatic rings. The Labute approximate surface area is 173 Å². The molecule has 2 heterocycles. The van der Waals surface area contributed by atoms with Crippen LogP contribution >= 0.6 is 23.7 Å². The molecule has 4 rings (SSSR count). The molecule has 1 aliphatic carbocycles. The monoisotopic (exact) mass is 419 g/mol. The molecule has 0 saturated heterocycles. The Balaban J connectivity index is 0.00000225. The Bertz CT molecular complexity index is 932. The highest BCUT2D eigenvalue weighted by molar-refractivity contribution is 7.18.